The fourth-order valence-electron chi connectivity index (χ4n) is 6.42. The van der Waals surface area contributed by atoms with Crippen LogP contribution < -0.4 is 14.4 Å². The number of rotatable bonds is 7. The number of amides is 1. The summed E-state index contributed by atoms with van der Waals surface area (Å²) in [6.45, 7) is 10.3. The van der Waals surface area contributed by atoms with E-state index in [1.54, 1.807) is 35.2 Å². The fraction of sp³-hybridized carbons (Fsp3) is 0.432. The van der Waals surface area contributed by atoms with Crippen LogP contribution in [-0.4, -0.2) is 70.8 Å². The zero-order chi connectivity index (χ0) is 36.7. The summed E-state index contributed by atoms with van der Waals surface area (Å²) < 4.78 is 63.7. The van der Waals surface area contributed by atoms with E-state index in [-0.39, 0.29) is 59.7 Å². The Hall–Kier alpha value is -4.72. The number of sulfonamides is 1. The highest BCUT2D eigenvalue weighted by Crippen LogP contribution is 2.41. The van der Waals surface area contributed by atoms with E-state index in [0.717, 1.165) is 23.1 Å². The first-order valence-corrected chi connectivity index (χ1v) is 18.4. The lowest BCUT2D eigenvalue weighted by Gasteiger charge is -2.41. The number of nitrogens with one attached hydrogen (secondary N) is 1. The maximum Gasteiger partial charge on any atom is 0.264 e. The van der Waals surface area contributed by atoms with Crippen LogP contribution in [0.2, 0.25) is 0 Å². The smallest absolute Gasteiger partial charge is 0.264 e. The third-order valence-electron chi connectivity index (χ3n) is 9.39. The Morgan fingerprint density at radius 2 is 1.73 bits per heavy atom. The van der Waals surface area contributed by atoms with E-state index in [0.29, 0.717) is 23.6 Å². The number of fused-ring (bicyclic) bond motifs is 4. The molecule has 3 heterocycles. The quantitative estimate of drug-likeness (QED) is 0.219. The van der Waals surface area contributed by atoms with E-state index in [1.807, 2.05) is 32.0 Å². The first-order chi connectivity index (χ1) is 24.0. The number of nitrogens with zero attached hydrogens (tertiary/aromatic N) is 6. The topological polar surface area (TPSA) is 131 Å². The molecule has 2 aromatic carbocycles. The van der Waals surface area contributed by atoms with E-state index in [2.05, 4.69) is 40.4 Å². The summed E-state index contributed by atoms with van der Waals surface area (Å²) in [7, 11) is -2.52. The van der Waals surface area contributed by atoms with Gasteiger partial charge in [-0.25, -0.2) is 31.9 Å². The maximum absolute atomic E-state index is 14.5. The number of aromatic nitrogens is 4. The second kappa shape index (κ2) is 13.8. The average Bonchev–Trinajstić information content (AvgIpc) is 3.05. The van der Waals surface area contributed by atoms with Gasteiger partial charge in [-0.2, -0.15) is 4.98 Å². The maximum atomic E-state index is 14.5. The molecule has 270 valence electrons. The number of alkyl halides is 2. The number of benzene rings is 2. The highest BCUT2D eigenvalue weighted by Gasteiger charge is 2.47. The van der Waals surface area contributed by atoms with Crippen LogP contribution in [0.4, 0.5) is 20.5 Å². The molecule has 2 aliphatic rings. The van der Waals surface area contributed by atoms with Crippen LogP contribution in [0.25, 0.3) is 11.3 Å². The van der Waals surface area contributed by atoms with Gasteiger partial charge in [0.05, 0.1) is 41.3 Å². The molecule has 0 spiro atoms. The minimum absolute atomic E-state index is 0.00438. The van der Waals surface area contributed by atoms with Gasteiger partial charge in [-0.15, -0.1) is 0 Å². The van der Waals surface area contributed by atoms with Gasteiger partial charge in [-0.05, 0) is 61.4 Å². The van der Waals surface area contributed by atoms with Crippen LogP contribution >= 0.6 is 0 Å². The highest BCUT2D eigenvalue weighted by atomic mass is 32.2. The number of carbonyl (C=O) groups excluding carboxylic acids is 1. The Labute approximate surface area is 297 Å². The minimum Gasteiger partial charge on any atom is -0.475 e. The molecule has 0 radical (unpaired) electrons. The Balaban J connectivity index is 1.43. The normalized spacial score (nSPS) is 18.7. The number of aryl methyl sites for hydroxylation is 2. The largest absolute Gasteiger partial charge is 0.475 e. The van der Waals surface area contributed by atoms with Crippen molar-refractivity contribution in [3.63, 3.8) is 0 Å². The molecule has 1 aliphatic heterocycles. The summed E-state index contributed by atoms with van der Waals surface area (Å²) in [5, 5.41) is 0. The van der Waals surface area contributed by atoms with E-state index in [4.69, 9.17) is 9.72 Å². The summed E-state index contributed by atoms with van der Waals surface area (Å²) >= 11 is 0. The molecular weight excluding hydrogens is 677 g/mol. The van der Waals surface area contributed by atoms with Gasteiger partial charge < -0.3 is 14.5 Å². The van der Waals surface area contributed by atoms with Gasteiger partial charge in [0.1, 0.15) is 12.4 Å². The molecule has 2 aromatic heterocycles. The van der Waals surface area contributed by atoms with Gasteiger partial charge >= 0.3 is 0 Å². The second-order valence-corrected chi connectivity index (χ2v) is 16.4. The molecule has 4 bridgehead atoms. The third-order valence-corrected chi connectivity index (χ3v) is 10.7. The van der Waals surface area contributed by atoms with Crippen molar-refractivity contribution < 1.29 is 26.7 Å². The zero-order valence-electron chi connectivity index (χ0n) is 29.7. The standard InChI is InChI=1S/C37H43F2N7O4S/c1-23-9-7-10-24(2)33(23)30-16-32-43-35(42-30)44-51(48,49)29-12-8-11-25(15-29)34(47)46(27(22-50-32)13-14-36(3,4)5)21-26-19-40-20-31(41-26)45(6)28-17-37(38,39)18-28/h7-12,15-16,19-20,27-28H,13-14,17-18,21-22H2,1-6H3,(H,42,43,44)/t27-/m1/s1. The van der Waals surface area contributed by atoms with Crippen molar-refractivity contribution in [3.8, 4) is 17.1 Å². The summed E-state index contributed by atoms with van der Waals surface area (Å²) in [5.41, 5.74) is 3.70. The predicted molar refractivity (Wildman–Crippen MR) is 190 cm³/mol. The number of anilines is 2. The molecule has 0 saturated heterocycles. The monoisotopic (exact) mass is 719 g/mol. The molecule has 6 rings (SSSR count). The van der Waals surface area contributed by atoms with Crippen molar-refractivity contribution >= 4 is 27.7 Å². The molecule has 14 heteroatoms. The molecule has 51 heavy (non-hydrogen) atoms. The van der Waals surface area contributed by atoms with E-state index < -0.39 is 27.9 Å². The second-order valence-electron chi connectivity index (χ2n) is 14.7. The number of halogens is 2. The lowest BCUT2D eigenvalue weighted by atomic mass is 9.87. The summed E-state index contributed by atoms with van der Waals surface area (Å²) in [6.07, 6.45) is 3.79. The predicted octanol–water partition coefficient (Wildman–Crippen LogP) is 6.81. The molecule has 1 fully saturated rings. The van der Waals surface area contributed by atoms with Crippen molar-refractivity contribution in [1.82, 2.24) is 24.8 Å². The van der Waals surface area contributed by atoms with Gasteiger partial charge in [-0.3, -0.25) is 9.78 Å². The summed E-state index contributed by atoms with van der Waals surface area (Å²) in [5.74, 6) is -2.73. The van der Waals surface area contributed by atoms with Crippen LogP contribution in [0.1, 0.15) is 73.6 Å². The van der Waals surface area contributed by atoms with E-state index in [1.165, 1.54) is 24.4 Å². The summed E-state index contributed by atoms with van der Waals surface area (Å²) in [6, 6.07) is 12.4. The fourth-order valence-corrected chi connectivity index (χ4v) is 7.40. The molecule has 0 unspecified atom stereocenters. The Kier molecular flexibility index (Phi) is 9.75. The summed E-state index contributed by atoms with van der Waals surface area (Å²) in [4.78, 5) is 35.8. The Bertz CT molecular complexity index is 2030. The Morgan fingerprint density at radius 1 is 1.02 bits per heavy atom. The van der Waals surface area contributed by atoms with E-state index >= 15 is 0 Å². The lowest BCUT2D eigenvalue weighted by molar-refractivity contribution is -0.0850. The van der Waals surface area contributed by atoms with Crippen LogP contribution in [-0.2, 0) is 16.6 Å². The SMILES string of the molecule is Cc1cccc(C)c1-c1cc2nc(n1)NS(=O)(=O)c1cccc(c1)C(=O)N(Cc1cncc(N(C)C3CC(F)(F)C3)n1)[C@H](CCC(C)(C)C)CO2. The molecule has 1 aliphatic carbocycles. The Morgan fingerprint density at radius 3 is 2.41 bits per heavy atom. The molecule has 4 aromatic rings. The zero-order valence-corrected chi connectivity index (χ0v) is 30.5. The van der Waals surface area contributed by atoms with Gasteiger partial charge in [0.25, 0.3) is 21.9 Å². The highest BCUT2D eigenvalue weighted by molar-refractivity contribution is 7.92. The molecule has 1 saturated carbocycles. The van der Waals surface area contributed by atoms with Crippen molar-refractivity contribution in [2.24, 2.45) is 5.41 Å². The molecule has 1 atom stereocenters. The van der Waals surface area contributed by atoms with Crippen molar-refractivity contribution in [3.05, 3.63) is 83.3 Å². The number of hydrogen-bond acceptors (Lipinski definition) is 9. The molecular formula is C37H43F2N7O4S. The number of hydrogen-bond donors (Lipinski definition) is 1. The van der Waals surface area contributed by atoms with Crippen LogP contribution in [0.15, 0.2) is 65.8 Å². The van der Waals surface area contributed by atoms with Crippen LogP contribution in [0, 0.1) is 19.3 Å². The minimum atomic E-state index is -4.23. The van der Waals surface area contributed by atoms with Crippen LogP contribution in [0.3, 0.4) is 0 Å². The van der Waals surface area contributed by atoms with Gasteiger partial charge in [0.2, 0.25) is 11.8 Å². The molecule has 1 N–H and O–H groups in total. The first-order valence-electron chi connectivity index (χ1n) is 16.9. The number of carbonyl (C=O) groups is 1. The van der Waals surface area contributed by atoms with Crippen molar-refractivity contribution in [1.29, 1.82) is 0 Å². The lowest BCUT2D eigenvalue weighted by Crippen LogP contribution is -2.49. The molecule has 11 nitrogen and oxygen atoms in total. The molecule has 1 amide bonds. The van der Waals surface area contributed by atoms with Gasteiger partial charge in [0.15, 0.2) is 0 Å². The average molecular weight is 720 g/mol. The number of ether oxygens (including phenoxy) is 1. The van der Waals surface area contributed by atoms with E-state index in [9.17, 15) is 22.0 Å². The van der Waals surface area contributed by atoms with Gasteiger partial charge in [0, 0.05) is 43.1 Å². The van der Waals surface area contributed by atoms with Crippen molar-refractivity contribution in [2.75, 3.05) is 23.3 Å². The third kappa shape index (κ3) is 8.27. The first kappa shape index (κ1) is 36.1. The van der Waals surface area contributed by atoms with Gasteiger partial charge in [-0.1, -0.05) is 45.0 Å². The van der Waals surface area contributed by atoms with Crippen molar-refractivity contribution in [2.45, 2.75) is 89.7 Å². The van der Waals surface area contributed by atoms with Crippen LogP contribution in [0.5, 0.6) is 5.88 Å².